The molecule has 1 aromatic heterocycles. The molecule has 132 valence electrons. The summed E-state index contributed by atoms with van der Waals surface area (Å²) in [7, 11) is 0. The Hall–Kier alpha value is -2.71. The molecule has 0 N–H and O–H groups in total. The number of fused-ring (bicyclic) bond motifs is 6. The van der Waals surface area contributed by atoms with Crippen LogP contribution >= 0.6 is 11.3 Å². The normalized spacial score (nSPS) is 13.3. The van der Waals surface area contributed by atoms with Crippen LogP contribution in [0.25, 0.3) is 31.8 Å². The zero-order valence-electron chi connectivity index (χ0n) is 15.2. The highest BCUT2D eigenvalue weighted by molar-refractivity contribution is 7.16. The minimum atomic E-state index is 1.10. The highest BCUT2D eigenvalue weighted by atomic mass is 32.1. The molecular formula is C25H21NS. The predicted octanol–water partition coefficient (Wildman–Crippen LogP) is 7.17. The summed E-state index contributed by atoms with van der Waals surface area (Å²) < 4.78 is 1.26. The van der Waals surface area contributed by atoms with Gasteiger partial charge in [-0.1, -0.05) is 60.7 Å². The number of hydrogen-bond acceptors (Lipinski definition) is 2. The molecule has 2 heteroatoms. The molecule has 27 heavy (non-hydrogen) atoms. The third kappa shape index (κ3) is 3.11. The third-order valence-corrected chi connectivity index (χ3v) is 6.30. The summed E-state index contributed by atoms with van der Waals surface area (Å²) in [5.74, 6) is 0. The molecule has 1 heterocycles. The second-order valence-electron chi connectivity index (χ2n) is 7.11. The van der Waals surface area contributed by atoms with Gasteiger partial charge in [0.05, 0.1) is 15.7 Å². The standard InChI is InChI=1S/C18H16.C7H5NS/c1-3-7-15-13(5-1)9-11-18-16-8-4-2-6-14(16)10-12-17(15)18;1-2-4-7-6(3-1)8-5-9-7/h1,3,5,7,9-12H,2,4,6,8H2;1-5H. The second-order valence-corrected chi connectivity index (χ2v) is 8.00. The van der Waals surface area contributed by atoms with E-state index in [1.165, 1.54) is 51.9 Å². The van der Waals surface area contributed by atoms with Crippen LogP contribution in [-0.2, 0) is 12.8 Å². The molecule has 0 aliphatic heterocycles. The Labute approximate surface area is 163 Å². The lowest BCUT2D eigenvalue weighted by molar-refractivity contribution is 0.690. The van der Waals surface area contributed by atoms with Crippen LogP contribution < -0.4 is 0 Å². The fourth-order valence-electron chi connectivity index (χ4n) is 4.15. The summed E-state index contributed by atoms with van der Waals surface area (Å²) in [4.78, 5) is 4.14. The summed E-state index contributed by atoms with van der Waals surface area (Å²) in [6.45, 7) is 0. The van der Waals surface area contributed by atoms with Gasteiger partial charge < -0.3 is 0 Å². The molecule has 6 rings (SSSR count). The summed E-state index contributed by atoms with van der Waals surface area (Å²) in [5.41, 5.74) is 6.14. The predicted molar refractivity (Wildman–Crippen MR) is 118 cm³/mol. The Morgan fingerprint density at radius 2 is 1.48 bits per heavy atom. The molecule has 0 atom stereocenters. The van der Waals surface area contributed by atoms with Crippen LogP contribution in [0.3, 0.4) is 0 Å². The van der Waals surface area contributed by atoms with Gasteiger partial charge in [-0.15, -0.1) is 11.3 Å². The van der Waals surface area contributed by atoms with Crippen LogP contribution in [0.4, 0.5) is 0 Å². The van der Waals surface area contributed by atoms with E-state index in [-0.39, 0.29) is 0 Å². The monoisotopic (exact) mass is 367 g/mol. The van der Waals surface area contributed by atoms with Gasteiger partial charge in [-0.3, -0.25) is 0 Å². The number of rotatable bonds is 0. The van der Waals surface area contributed by atoms with Gasteiger partial charge in [0, 0.05) is 0 Å². The summed E-state index contributed by atoms with van der Waals surface area (Å²) in [5, 5.41) is 5.64. The van der Waals surface area contributed by atoms with Crippen LogP contribution in [0, 0.1) is 0 Å². The molecule has 0 radical (unpaired) electrons. The van der Waals surface area contributed by atoms with Crippen molar-refractivity contribution in [2.24, 2.45) is 0 Å². The van der Waals surface area contributed by atoms with Crippen molar-refractivity contribution < 1.29 is 0 Å². The first-order valence-corrected chi connectivity index (χ1v) is 10.5. The topological polar surface area (TPSA) is 12.9 Å². The lowest BCUT2D eigenvalue weighted by Gasteiger charge is -2.18. The lowest BCUT2D eigenvalue weighted by atomic mass is 9.86. The number of hydrogen-bond donors (Lipinski definition) is 0. The van der Waals surface area contributed by atoms with Crippen LogP contribution in [0.1, 0.15) is 24.0 Å². The zero-order valence-corrected chi connectivity index (χ0v) is 16.0. The van der Waals surface area contributed by atoms with Gasteiger partial charge in [0.2, 0.25) is 0 Å². The van der Waals surface area contributed by atoms with E-state index < -0.39 is 0 Å². The van der Waals surface area contributed by atoms with E-state index in [1.807, 2.05) is 23.7 Å². The van der Waals surface area contributed by atoms with E-state index in [9.17, 15) is 0 Å². The molecule has 0 unspecified atom stereocenters. The van der Waals surface area contributed by atoms with E-state index in [1.54, 1.807) is 22.5 Å². The molecule has 0 spiro atoms. The van der Waals surface area contributed by atoms with Gasteiger partial charge >= 0.3 is 0 Å². The average molecular weight is 368 g/mol. The quantitative estimate of drug-likeness (QED) is 0.264. The number of thiazole rings is 1. The van der Waals surface area contributed by atoms with Crippen LogP contribution in [0.15, 0.2) is 78.3 Å². The van der Waals surface area contributed by atoms with Gasteiger partial charge in [0.25, 0.3) is 0 Å². The largest absolute Gasteiger partial charge is 0.245 e. The van der Waals surface area contributed by atoms with Crippen molar-refractivity contribution in [2.75, 3.05) is 0 Å². The zero-order chi connectivity index (χ0) is 18.1. The van der Waals surface area contributed by atoms with Crippen molar-refractivity contribution in [1.29, 1.82) is 0 Å². The number of nitrogens with zero attached hydrogens (tertiary/aromatic N) is 1. The van der Waals surface area contributed by atoms with Crippen LogP contribution in [0.5, 0.6) is 0 Å². The molecule has 5 aromatic rings. The van der Waals surface area contributed by atoms with Crippen molar-refractivity contribution in [3.8, 4) is 0 Å². The summed E-state index contributed by atoms with van der Waals surface area (Å²) in [6, 6.07) is 26.1. The molecular weight excluding hydrogens is 346 g/mol. The molecule has 4 aromatic carbocycles. The number of aromatic nitrogens is 1. The van der Waals surface area contributed by atoms with E-state index in [0.29, 0.717) is 0 Å². The van der Waals surface area contributed by atoms with Gasteiger partial charge in [-0.05, 0) is 70.5 Å². The van der Waals surface area contributed by atoms with Gasteiger partial charge in [0.1, 0.15) is 0 Å². The van der Waals surface area contributed by atoms with Crippen LogP contribution in [-0.4, -0.2) is 4.98 Å². The molecule has 0 bridgehead atoms. The molecule has 0 fully saturated rings. The molecule has 1 aliphatic carbocycles. The minimum absolute atomic E-state index is 1.10. The highest BCUT2D eigenvalue weighted by Gasteiger charge is 2.13. The Balaban J connectivity index is 0.000000149. The van der Waals surface area contributed by atoms with Gasteiger partial charge in [-0.2, -0.15) is 0 Å². The maximum absolute atomic E-state index is 4.14. The third-order valence-electron chi connectivity index (χ3n) is 5.49. The Morgan fingerprint density at radius 3 is 2.44 bits per heavy atom. The number of benzene rings is 4. The fourth-order valence-corrected chi connectivity index (χ4v) is 4.82. The first-order valence-electron chi connectivity index (χ1n) is 9.60. The molecule has 1 aliphatic rings. The Kier molecular flexibility index (Phi) is 4.35. The maximum atomic E-state index is 4.14. The van der Waals surface area contributed by atoms with Crippen molar-refractivity contribution in [3.63, 3.8) is 0 Å². The first kappa shape index (κ1) is 16.5. The lowest BCUT2D eigenvalue weighted by Crippen LogP contribution is -2.02. The fraction of sp³-hybridized carbons (Fsp3) is 0.160. The van der Waals surface area contributed by atoms with Gasteiger partial charge in [0.15, 0.2) is 0 Å². The second kappa shape index (κ2) is 7.13. The van der Waals surface area contributed by atoms with Crippen molar-refractivity contribution in [2.45, 2.75) is 25.7 Å². The highest BCUT2D eigenvalue weighted by Crippen LogP contribution is 2.33. The van der Waals surface area contributed by atoms with E-state index in [2.05, 4.69) is 59.6 Å². The summed E-state index contributed by atoms with van der Waals surface area (Å²) in [6.07, 6.45) is 5.22. The number of para-hydroxylation sites is 1. The smallest absolute Gasteiger partial charge is 0.0812 e. The van der Waals surface area contributed by atoms with Crippen molar-refractivity contribution in [1.82, 2.24) is 4.98 Å². The summed E-state index contributed by atoms with van der Waals surface area (Å²) >= 11 is 1.68. The number of aryl methyl sites for hydroxylation is 2. The molecule has 0 amide bonds. The van der Waals surface area contributed by atoms with E-state index in [0.717, 1.165) is 5.52 Å². The van der Waals surface area contributed by atoms with Gasteiger partial charge in [-0.25, -0.2) is 4.98 Å². The van der Waals surface area contributed by atoms with E-state index >= 15 is 0 Å². The Bertz CT molecular complexity index is 1200. The molecule has 0 saturated carbocycles. The molecule has 0 saturated heterocycles. The van der Waals surface area contributed by atoms with Crippen molar-refractivity contribution in [3.05, 3.63) is 89.4 Å². The average Bonchev–Trinajstić information content (AvgIpc) is 3.23. The SMILES string of the molecule is c1ccc2c(c1)ccc1c3c(ccc12)CCCC3.c1ccc2scnc2c1. The maximum Gasteiger partial charge on any atom is 0.0812 e. The molecule has 1 nitrogen and oxygen atoms in total. The van der Waals surface area contributed by atoms with E-state index in [4.69, 9.17) is 0 Å². The first-order chi connectivity index (χ1) is 13.4. The van der Waals surface area contributed by atoms with Crippen LogP contribution in [0.2, 0.25) is 0 Å². The minimum Gasteiger partial charge on any atom is -0.245 e. The van der Waals surface area contributed by atoms with Crippen molar-refractivity contribution >= 4 is 43.1 Å². The Morgan fingerprint density at radius 1 is 0.667 bits per heavy atom.